The summed E-state index contributed by atoms with van der Waals surface area (Å²) in [6.07, 6.45) is 4.73. The van der Waals surface area contributed by atoms with E-state index in [9.17, 15) is 14.3 Å². The summed E-state index contributed by atoms with van der Waals surface area (Å²) >= 11 is 0. The van der Waals surface area contributed by atoms with Gasteiger partial charge in [-0.15, -0.1) is 5.10 Å². The molecule has 0 saturated carbocycles. The minimum atomic E-state index is -0.948. The van der Waals surface area contributed by atoms with Gasteiger partial charge in [-0.1, -0.05) is 23.4 Å². The maximum atomic E-state index is 14.8. The van der Waals surface area contributed by atoms with Gasteiger partial charge in [-0.05, 0) is 62.7 Å². The predicted molar refractivity (Wildman–Crippen MR) is 163 cm³/mol. The molecular formula is C33H34FN7O4. The largest absolute Gasteiger partial charge is 0.478 e. The van der Waals surface area contributed by atoms with Crippen LogP contribution in [0.15, 0.2) is 60.8 Å². The molecule has 0 spiro atoms. The van der Waals surface area contributed by atoms with Gasteiger partial charge in [-0.2, -0.15) is 0 Å². The molecule has 5 aromatic rings. The van der Waals surface area contributed by atoms with Crippen molar-refractivity contribution in [3.63, 3.8) is 0 Å². The van der Waals surface area contributed by atoms with Gasteiger partial charge in [-0.3, -0.25) is 9.58 Å². The van der Waals surface area contributed by atoms with Gasteiger partial charge >= 0.3 is 5.97 Å². The SMILES string of the molecule is Cn1cc(-c2ccc(COc3cccc(C4CCN(Cc5nc6ccc(C(=O)O)cc6n5CC5CCO5)CC4)n3)c(F)c2)nn1. The third-order valence-corrected chi connectivity index (χ3v) is 8.70. The summed E-state index contributed by atoms with van der Waals surface area (Å²) < 4.78 is 30.2. The maximum absolute atomic E-state index is 14.8. The summed E-state index contributed by atoms with van der Waals surface area (Å²) in [5, 5.41) is 17.5. The standard InChI is InChI=1S/C33H34FN7O4/c1-39-18-29(37-38-39)22-5-6-24(26(34)15-22)20-45-32-4-2-3-27(36-32)21-9-12-40(13-10-21)19-31-35-28-8-7-23(33(42)43)16-30(28)41(31)17-25-11-14-44-25/h2-8,15-16,18,21,25H,9-14,17,19-20H2,1H3,(H,42,43). The molecule has 1 N–H and O–H groups in total. The summed E-state index contributed by atoms with van der Waals surface area (Å²) in [5.41, 5.74) is 4.57. The van der Waals surface area contributed by atoms with E-state index in [1.165, 1.54) is 6.07 Å². The lowest BCUT2D eigenvalue weighted by Crippen LogP contribution is -2.35. The summed E-state index contributed by atoms with van der Waals surface area (Å²) in [4.78, 5) is 23.7. The molecule has 0 radical (unpaired) electrons. The van der Waals surface area contributed by atoms with E-state index in [-0.39, 0.29) is 30.0 Å². The van der Waals surface area contributed by atoms with Gasteiger partial charge in [0, 0.05) is 42.5 Å². The summed E-state index contributed by atoms with van der Waals surface area (Å²) in [5.74, 6) is 0.370. The Morgan fingerprint density at radius 1 is 1.09 bits per heavy atom. The first-order valence-corrected chi connectivity index (χ1v) is 15.2. The number of aryl methyl sites for hydroxylation is 1. The van der Waals surface area contributed by atoms with Crippen molar-refractivity contribution in [2.75, 3.05) is 19.7 Å². The fraction of sp³-hybridized carbons (Fsp3) is 0.364. The van der Waals surface area contributed by atoms with Crippen LogP contribution in [0.4, 0.5) is 4.39 Å². The molecule has 0 aliphatic carbocycles. The highest BCUT2D eigenvalue weighted by atomic mass is 19.1. The second kappa shape index (κ2) is 12.4. The third-order valence-electron chi connectivity index (χ3n) is 8.70. The molecule has 0 bridgehead atoms. The van der Waals surface area contributed by atoms with Crippen molar-refractivity contribution in [3.8, 4) is 17.1 Å². The Bertz CT molecular complexity index is 1840. The molecule has 2 aliphatic rings. The Morgan fingerprint density at radius 2 is 1.93 bits per heavy atom. The fourth-order valence-corrected chi connectivity index (χ4v) is 6.04. The molecule has 12 heteroatoms. The van der Waals surface area contributed by atoms with E-state index in [4.69, 9.17) is 19.4 Å². The molecule has 0 amide bonds. The van der Waals surface area contributed by atoms with E-state index >= 15 is 0 Å². The number of benzene rings is 2. The maximum Gasteiger partial charge on any atom is 0.335 e. The van der Waals surface area contributed by atoms with Crippen LogP contribution in [-0.2, 0) is 31.5 Å². The zero-order valence-corrected chi connectivity index (χ0v) is 25.0. The minimum absolute atomic E-state index is 0.0718. The number of carboxylic acids is 1. The highest BCUT2D eigenvalue weighted by Crippen LogP contribution is 2.30. The first kappa shape index (κ1) is 29.1. The lowest BCUT2D eigenvalue weighted by Gasteiger charge is -2.32. The normalized spacial score (nSPS) is 17.4. The Balaban J connectivity index is 0.982. The molecule has 1 unspecified atom stereocenters. The molecule has 2 aromatic carbocycles. The molecule has 2 fully saturated rings. The van der Waals surface area contributed by atoms with E-state index in [2.05, 4.69) is 19.8 Å². The minimum Gasteiger partial charge on any atom is -0.478 e. The number of carbonyl (C=O) groups is 1. The van der Waals surface area contributed by atoms with Gasteiger partial charge in [0.25, 0.3) is 0 Å². The Hall–Kier alpha value is -4.68. The highest BCUT2D eigenvalue weighted by molar-refractivity contribution is 5.92. The number of piperidine rings is 1. The lowest BCUT2D eigenvalue weighted by atomic mass is 9.93. The number of rotatable bonds is 10. The number of aromatic carboxylic acids is 1. The van der Waals surface area contributed by atoms with Crippen LogP contribution < -0.4 is 4.74 Å². The lowest BCUT2D eigenvalue weighted by molar-refractivity contribution is -0.0592. The second-order valence-corrected chi connectivity index (χ2v) is 11.8. The predicted octanol–water partition coefficient (Wildman–Crippen LogP) is 4.81. The molecule has 232 valence electrons. The van der Waals surface area contributed by atoms with Crippen molar-refractivity contribution in [1.82, 2.24) is 34.4 Å². The van der Waals surface area contributed by atoms with Gasteiger partial charge in [-0.25, -0.2) is 19.2 Å². The van der Waals surface area contributed by atoms with Crippen molar-refractivity contribution in [3.05, 3.63) is 89.3 Å². The molecular weight excluding hydrogens is 577 g/mol. The zero-order valence-electron chi connectivity index (χ0n) is 25.0. The van der Waals surface area contributed by atoms with Crippen LogP contribution in [0.25, 0.3) is 22.3 Å². The summed E-state index contributed by atoms with van der Waals surface area (Å²) in [7, 11) is 1.77. The molecule has 2 aliphatic heterocycles. The fourth-order valence-electron chi connectivity index (χ4n) is 6.04. The average molecular weight is 612 g/mol. The van der Waals surface area contributed by atoms with Crippen molar-refractivity contribution >= 4 is 17.0 Å². The number of likely N-dealkylation sites (tertiary alicyclic amines) is 1. The molecule has 45 heavy (non-hydrogen) atoms. The van der Waals surface area contributed by atoms with Crippen molar-refractivity contribution < 1.29 is 23.8 Å². The van der Waals surface area contributed by atoms with Crippen LogP contribution in [0.3, 0.4) is 0 Å². The number of hydrogen-bond donors (Lipinski definition) is 1. The summed E-state index contributed by atoms with van der Waals surface area (Å²) in [6, 6.07) is 15.8. The number of carboxylic acid groups (broad SMARTS) is 1. The van der Waals surface area contributed by atoms with E-state index in [1.807, 2.05) is 18.2 Å². The number of hydrogen-bond acceptors (Lipinski definition) is 8. The van der Waals surface area contributed by atoms with E-state index < -0.39 is 5.97 Å². The molecule has 7 rings (SSSR count). The quantitative estimate of drug-likeness (QED) is 0.237. The van der Waals surface area contributed by atoms with Gasteiger partial charge in [0.15, 0.2) is 0 Å². The number of imidazole rings is 1. The van der Waals surface area contributed by atoms with E-state index in [1.54, 1.807) is 48.3 Å². The molecule has 1 atom stereocenters. The Labute approximate surface area is 259 Å². The summed E-state index contributed by atoms with van der Waals surface area (Å²) in [6.45, 7) is 3.93. The number of halogens is 1. The first-order chi connectivity index (χ1) is 21.9. The first-order valence-electron chi connectivity index (χ1n) is 15.2. The van der Waals surface area contributed by atoms with Crippen LogP contribution >= 0.6 is 0 Å². The van der Waals surface area contributed by atoms with Crippen molar-refractivity contribution in [2.24, 2.45) is 7.05 Å². The van der Waals surface area contributed by atoms with Gasteiger partial charge in [0.2, 0.25) is 5.88 Å². The topological polar surface area (TPSA) is 120 Å². The van der Waals surface area contributed by atoms with Crippen LogP contribution in [-0.4, -0.2) is 71.3 Å². The van der Waals surface area contributed by atoms with Gasteiger partial charge in [0.05, 0.1) is 42.0 Å². The zero-order chi connectivity index (χ0) is 30.9. The highest BCUT2D eigenvalue weighted by Gasteiger charge is 2.26. The van der Waals surface area contributed by atoms with E-state index in [0.717, 1.165) is 61.5 Å². The van der Waals surface area contributed by atoms with Crippen molar-refractivity contribution in [1.29, 1.82) is 0 Å². The Morgan fingerprint density at radius 3 is 2.64 bits per heavy atom. The molecule has 5 heterocycles. The third kappa shape index (κ3) is 6.29. The number of pyridine rings is 1. The Kier molecular flexibility index (Phi) is 7.99. The van der Waals surface area contributed by atoms with E-state index in [0.29, 0.717) is 35.8 Å². The number of aromatic nitrogens is 6. The van der Waals surface area contributed by atoms with Crippen LogP contribution in [0, 0.1) is 5.82 Å². The smallest absolute Gasteiger partial charge is 0.335 e. The van der Waals surface area contributed by atoms with Gasteiger partial charge in [0.1, 0.15) is 23.9 Å². The average Bonchev–Trinajstić information content (AvgIpc) is 3.61. The molecule has 2 saturated heterocycles. The van der Waals surface area contributed by atoms with Crippen LogP contribution in [0.5, 0.6) is 5.88 Å². The van der Waals surface area contributed by atoms with Crippen molar-refractivity contribution in [2.45, 2.75) is 51.0 Å². The number of fused-ring (bicyclic) bond motifs is 1. The monoisotopic (exact) mass is 611 g/mol. The second-order valence-electron chi connectivity index (χ2n) is 11.8. The van der Waals surface area contributed by atoms with Crippen LogP contribution in [0.2, 0.25) is 0 Å². The van der Waals surface area contributed by atoms with Crippen LogP contribution in [0.1, 0.15) is 52.6 Å². The van der Waals surface area contributed by atoms with Gasteiger partial charge < -0.3 is 19.1 Å². The number of nitrogens with zero attached hydrogens (tertiary/aromatic N) is 7. The molecule has 3 aromatic heterocycles. The molecule has 11 nitrogen and oxygen atoms in total. The number of ether oxygens (including phenoxy) is 2.